The summed E-state index contributed by atoms with van der Waals surface area (Å²) in [5, 5.41) is 8.47. The second-order valence-electron chi connectivity index (χ2n) is 3.36. The Hall–Kier alpha value is -1.16. The molecular weight excluding hydrogens is 210 g/mol. The number of hydrogen-bond donors (Lipinski definition) is 2. The van der Waals surface area contributed by atoms with Crippen LogP contribution in [0.25, 0.3) is 0 Å². The van der Waals surface area contributed by atoms with Crippen molar-refractivity contribution in [1.29, 1.82) is 0 Å². The summed E-state index contributed by atoms with van der Waals surface area (Å²) in [6, 6.07) is 5.88. The molecule has 0 saturated carbocycles. The van der Waals surface area contributed by atoms with Gasteiger partial charge >= 0.3 is 5.97 Å². The van der Waals surface area contributed by atoms with Crippen molar-refractivity contribution in [1.82, 2.24) is 0 Å². The summed E-state index contributed by atoms with van der Waals surface area (Å²) >= 11 is 1.67. The molecule has 82 valence electrons. The summed E-state index contributed by atoms with van der Waals surface area (Å²) in [7, 11) is 0. The largest absolute Gasteiger partial charge is 0.481 e. The lowest BCUT2D eigenvalue weighted by Crippen LogP contribution is -1.95. The molecule has 0 amide bonds. The number of thioether (sulfide) groups is 1. The van der Waals surface area contributed by atoms with E-state index < -0.39 is 5.97 Å². The SMILES string of the molecule is Cc1cc(SCCCC(=O)O)ccc1N. The Balaban J connectivity index is 2.38. The van der Waals surface area contributed by atoms with Crippen molar-refractivity contribution >= 4 is 23.4 Å². The zero-order chi connectivity index (χ0) is 11.3. The maximum atomic E-state index is 10.3. The van der Waals surface area contributed by atoms with E-state index in [9.17, 15) is 4.79 Å². The number of aryl methyl sites for hydroxylation is 1. The Labute approximate surface area is 93.7 Å². The van der Waals surface area contributed by atoms with Crippen LogP contribution in [0.2, 0.25) is 0 Å². The Bertz CT molecular complexity index is 352. The highest BCUT2D eigenvalue weighted by atomic mass is 32.2. The molecule has 0 saturated heterocycles. The molecule has 0 bridgehead atoms. The van der Waals surface area contributed by atoms with E-state index in [4.69, 9.17) is 10.8 Å². The third-order valence-electron chi connectivity index (χ3n) is 2.04. The first-order valence-corrected chi connectivity index (χ1v) is 5.79. The van der Waals surface area contributed by atoms with Crippen molar-refractivity contribution in [3.8, 4) is 0 Å². The minimum absolute atomic E-state index is 0.237. The van der Waals surface area contributed by atoms with Crippen LogP contribution in [0.1, 0.15) is 18.4 Å². The highest BCUT2D eigenvalue weighted by Crippen LogP contribution is 2.23. The molecular formula is C11H15NO2S. The molecule has 1 rings (SSSR count). The van der Waals surface area contributed by atoms with E-state index in [1.54, 1.807) is 11.8 Å². The molecule has 4 heteroatoms. The van der Waals surface area contributed by atoms with Gasteiger partial charge in [0.25, 0.3) is 0 Å². The molecule has 0 aromatic heterocycles. The molecule has 0 aliphatic carbocycles. The number of rotatable bonds is 5. The second-order valence-corrected chi connectivity index (χ2v) is 4.53. The first kappa shape index (κ1) is 11.9. The van der Waals surface area contributed by atoms with Crippen molar-refractivity contribution in [3.63, 3.8) is 0 Å². The van der Waals surface area contributed by atoms with Gasteiger partial charge in [-0.3, -0.25) is 4.79 Å². The van der Waals surface area contributed by atoms with Crippen LogP contribution in [0.4, 0.5) is 5.69 Å². The van der Waals surface area contributed by atoms with Crippen molar-refractivity contribution in [2.75, 3.05) is 11.5 Å². The number of carboxylic acid groups (broad SMARTS) is 1. The van der Waals surface area contributed by atoms with Crippen molar-refractivity contribution in [2.24, 2.45) is 0 Å². The van der Waals surface area contributed by atoms with Gasteiger partial charge in [0.15, 0.2) is 0 Å². The normalized spacial score (nSPS) is 10.2. The van der Waals surface area contributed by atoms with Crippen LogP contribution in [0.5, 0.6) is 0 Å². The number of anilines is 1. The van der Waals surface area contributed by atoms with Gasteiger partial charge in [-0.05, 0) is 42.9 Å². The number of benzene rings is 1. The standard InChI is InChI=1S/C11H15NO2S/c1-8-7-9(4-5-10(8)12)15-6-2-3-11(13)14/h4-5,7H,2-3,6,12H2,1H3,(H,13,14). The quantitative estimate of drug-likeness (QED) is 0.459. The Morgan fingerprint density at radius 1 is 1.53 bits per heavy atom. The molecule has 1 aromatic carbocycles. The van der Waals surface area contributed by atoms with Gasteiger partial charge in [-0.2, -0.15) is 0 Å². The van der Waals surface area contributed by atoms with Crippen LogP contribution in [-0.4, -0.2) is 16.8 Å². The second kappa shape index (κ2) is 5.66. The lowest BCUT2D eigenvalue weighted by molar-refractivity contribution is -0.137. The van der Waals surface area contributed by atoms with Crippen molar-refractivity contribution < 1.29 is 9.90 Å². The minimum atomic E-state index is -0.732. The van der Waals surface area contributed by atoms with Gasteiger partial charge in [0.2, 0.25) is 0 Å². The van der Waals surface area contributed by atoms with Crippen LogP contribution in [0.3, 0.4) is 0 Å². The fourth-order valence-electron chi connectivity index (χ4n) is 1.15. The van der Waals surface area contributed by atoms with E-state index in [1.165, 1.54) is 0 Å². The third-order valence-corrected chi connectivity index (χ3v) is 3.13. The smallest absolute Gasteiger partial charge is 0.303 e. The first-order chi connectivity index (χ1) is 7.09. The predicted molar refractivity (Wildman–Crippen MR) is 63.2 cm³/mol. The fraction of sp³-hybridized carbons (Fsp3) is 0.364. The van der Waals surface area contributed by atoms with E-state index in [2.05, 4.69) is 0 Å². The van der Waals surface area contributed by atoms with Gasteiger partial charge in [-0.15, -0.1) is 11.8 Å². The highest BCUT2D eigenvalue weighted by Gasteiger charge is 1.99. The maximum Gasteiger partial charge on any atom is 0.303 e. The lowest BCUT2D eigenvalue weighted by Gasteiger charge is -2.04. The predicted octanol–water partition coefficient (Wildman–Crippen LogP) is 2.53. The monoisotopic (exact) mass is 225 g/mol. The van der Waals surface area contributed by atoms with Gasteiger partial charge in [0.1, 0.15) is 0 Å². The summed E-state index contributed by atoms with van der Waals surface area (Å²) in [5.74, 6) is 0.0967. The molecule has 0 unspecified atom stereocenters. The maximum absolute atomic E-state index is 10.3. The van der Waals surface area contributed by atoms with Gasteiger partial charge < -0.3 is 10.8 Å². The highest BCUT2D eigenvalue weighted by molar-refractivity contribution is 7.99. The molecule has 0 heterocycles. The molecule has 3 N–H and O–H groups in total. The van der Waals surface area contributed by atoms with Crippen LogP contribution < -0.4 is 5.73 Å². The molecule has 0 aliphatic heterocycles. The summed E-state index contributed by atoms with van der Waals surface area (Å²) < 4.78 is 0. The molecule has 0 atom stereocenters. The van der Waals surface area contributed by atoms with Crippen LogP contribution >= 0.6 is 11.8 Å². The molecule has 0 radical (unpaired) electrons. The van der Waals surface area contributed by atoms with E-state index >= 15 is 0 Å². The third kappa shape index (κ3) is 4.25. The van der Waals surface area contributed by atoms with Crippen molar-refractivity contribution in [2.45, 2.75) is 24.7 Å². The zero-order valence-electron chi connectivity index (χ0n) is 8.69. The minimum Gasteiger partial charge on any atom is -0.481 e. The average molecular weight is 225 g/mol. The van der Waals surface area contributed by atoms with Gasteiger partial charge in [-0.1, -0.05) is 0 Å². The first-order valence-electron chi connectivity index (χ1n) is 4.80. The van der Waals surface area contributed by atoms with E-state index in [1.807, 2.05) is 25.1 Å². The van der Waals surface area contributed by atoms with Crippen LogP contribution in [0, 0.1) is 6.92 Å². The Morgan fingerprint density at radius 3 is 2.87 bits per heavy atom. The zero-order valence-corrected chi connectivity index (χ0v) is 9.51. The number of nitrogen functional groups attached to an aromatic ring is 1. The number of hydrogen-bond acceptors (Lipinski definition) is 3. The van der Waals surface area contributed by atoms with Crippen molar-refractivity contribution in [3.05, 3.63) is 23.8 Å². The fourth-order valence-corrected chi connectivity index (χ4v) is 2.10. The summed E-state index contributed by atoms with van der Waals surface area (Å²) in [4.78, 5) is 11.4. The van der Waals surface area contributed by atoms with Gasteiger partial charge in [0, 0.05) is 17.0 Å². The molecule has 15 heavy (non-hydrogen) atoms. The van der Waals surface area contributed by atoms with Gasteiger partial charge in [-0.25, -0.2) is 0 Å². The molecule has 0 fully saturated rings. The summed E-state index contributed by atoms with van der Waals surface area (Å²) in [6.07, 6.45) is 0.935. The Kier molecular flexibility index (Phi) is 4.49. The summed E-state index contributed by atoms with van der Waals surface area (Å²) in [6.45, 7) is 1.97. The lowest BCUT2D eigenvalue weighted by atomic mass is 10.2. The van der Waals surface area contributed by atoms with Crippen LogP contribution in [0.15, 0.2) is 23.1 Å². The summed E-state index contributed by atoms with van der Waals surface area (Å²) in [5.41, 5.74) is 7.56. The number of carbonyl (C=O) groups is 1. The molecule has 1 aromatic rings. The van der Waals surface area contributed by atoms with E-state index in [-0.39, 0.29) is 6.42 Å². The number of carboxylic acids is 1. The molecule has 0 aliphatic rings. The molecule has 0 spiro atoms. The Morgan fingerprint density at radius 2 is 2.27 bits per heavy atom. The van der Waals surface area contributed by atoms with Gasteiger partial charge in [0.05, 0.1) is 0 Å². The van der Waals surface area contributed by atoms with Crippen LogP contribution in [-0.2, 0) is 4.79 Å². The number of nitrogens with two attached hydrogens (primary N) is 1. The molecule has 3 nitrogen and oxygen atoms in total. The van der Waals surface area contributed by atoms with E-state index in [0.29, 0.717) is 6.42 Å². The average Bonchev–Trinajstić information content (AvgIpc) is 2.18. The topological polar surface area (TPSA) is 63.3 Å². The van der Waals surface area contributed by atoms with E-state index in [0.717, 1.165) is 21.9 Å². The number of aliphatic carboxylic acids is 1.